The average Bonchev–Trinajstić information content (AvgIpc) is 2.56. The van der Waals surface area contributed by atoms with Crippen molar-refractivity contribution in [2.24, 2.45) is 11.8 Å². The molecule has 3 nitrogen and oxygen atoms in total. The summed E-state index contributed by atoms with van der Waals surface area (Å²) in [7, 11) is 0. The molecular formula is C13H28N2O. The molecule has 1 saturated carbocycles. The number of nitrogens with two attached hydrogens (primary N) is 1. The molecule has 0 amide bonds. The lowest BCUT2D eigenvalue weighted by molar-refractivity contribution is 0.103. The van der Waals surface area contributed by atoms with Crippen LogP contribution in [0.1, 0.15) is 58.3 Å². The lowest BCUT2D eigenvalue weighted by Gasteiger charge is -2.21. The lowest BCUT2D eigenvalue weighted by Crippen LogP contribution is -2.40. The van der Waals surface area contributed by atoms with Gasteiger partial charge in [0, 0.05) is 12.6 Å². The standard InChI is InChI=1S/C13H28N2O/c1-2-9-16-11-13(15-14)10-12-7-5-3-4-6-8-12/h12-13,15H,2-11,14H2,1H3. The van der Waals surface area contributed by atoms with E-state index in [0.717, 1.165) is 25.6 Å². The molecule has 0 aromatic carbocycles. The molecule has 3 heteroatoms. The van der Waals surface area contributed by atoms with Crippen molar-refractivity contribution in [2.45, 2.75) is 64.3 Å². The SMILES string of the molecule is CCCOCC(CC1CCCCCC1)NN. The van der Waals surface area contributed by atoms with Gasteiger partial charge in [0.2, 0.25) is 0 Å². The quantitative estimate of drug-likeness (QED) is 0.305. The van der Waals surface area contributed by atoms with Gasteiger partial charge in [0.25, 0.3) is 0 Å². The molecule has 0 aromatic heterocycles. The Morgan fingerprint density at radius 3 is 2.50 bits per heavy atom. The minimum Gasteiger partial charge on any atom is -0.380 e. The molecule has 1 fully saturated rings. The van der Waals surface area contributed by atoms with Crippen LogP contribution in [0.2, 0.25) is 0 Å². The van der Waals surface area contributed by atoms with Crippen molar-refractivity contribution in [1.29, 1.82) is 0 Å². The fourth-order valence-corrected chi connectivity index (χ4v) is 2.56. The van der Waals surface area contributed by atoms with Crippen LogP contribution in [0.25, 0.3) is 0 Å². The summed E-state index contributed by atoms with van der Waals surface area (Å²) < 4.78 is 5.57. The van der Waals surface area contributed by atoms with Gasteiger partial charge in [-0.25, -0.2) is 0 Å². The number of ether oxygens (including phenoxy) is 1. The van der Waals surface area contributed by atoms with Crippen LogP contribution in [0.5, 0.6) is 0 Å². The van der Waals surface area contributed by atoms with Crippen LogP contribution in [0.4, 0.5) is 0 Å². The van der Waals surface area contributed by atoms with Crippen LogP contribution in [-0.4, -0.2) is 19.3 Å². The highest BCUT2D eigenvalue weighted by atomic mass is 16.5. The Kier molecular flexibility index (Phi) is 7.81. The van der Waals surface area contributed by atoms with Crippen molar-refractivity contribution in [3.8, 4) is 0 Å². The van der Waals surface area contributed by atoms with Crippen molar-refractivity contribution < 1.29 is 4.74 Å². The summed E-state index contributed by atoms with van der Waals surface area (Å²) in [6, 6.07) is 0.342. The van der Waals surface area contributed by atoms with Gasteiger partial charge in [0.05, 0.1) is 6.61 Å². The summed E-state index contributed by atoms with van der Waals surface area (Å²) in [4.78, 5) is 0. The lowest BCUT2D eigenvalue weighted by atomic mass is 9.93. The summed E-state index contributed by atoms with van der Waals surface area (Å²) in [5.41, 5.74) is 2.90. The Morgan fingerprint density at radius 2 is 1.94 bits per heavy atom. The predicted molar refractivity (Wildman–Crippen MR) is 68.0 cm³/mol. The number of hydrogen-bond donors (Lipinski definition) is 2. The third kappa shape index (κ3) is 5.83. The van der Waals surface area contributed by atoms with Crippen LogP contribution in [-0.2, 0) is 4.74 Å². The topological polar surface area (TPSA) is 47.3 Å². The smallest absolute Gasteiger partial charge is 0.0633 e. The molecule has 0 bridgehead atoms. The first kappa shape index (κ1) is 13.9. The highest BCUT2D eigenvalue weighted by Crippen LogP contribution is 2.26. The van der Waals surface area contributed by atoms with E-state index >= 15 is 0 Å². The van der Waals surface area contributed by atoms with Gasteiger partial charge in [0.15, 0.2) is 0 Å². The second-order valence-corrected chi connectivity index (χ2v) is 5.03. The van der Waals surface area contributed by atoms with Gasteiger partial charge in [-0.1, -0.05) is 45.4 Å². The predicted octanol–water partition coefficient (Wildman–Crippen LogP) is 2.61. The van der Waals surface area contributed by atoms with E-state index < -0.39 is 0 Å². The van der Waals surface area contributed by atoms with E-state index in [-0.39, 0.29) is 0 Å². The first-order valence-corrected chi connectivity index (χ1v) is 6.90. The molecule has 0 aliphatic heterocycles. The van der Waals surface area contributed by atoms with Crippen molar-refractivity contribution in [3.05, 3.63) is 0 Å². The van der Waals surface area contributed by atoms with Gasteiger partial charge < -0.3 is 4.74 Å². The number of hydrazine groups is 1. The van der Waals surface area contributed by atoms with E-state index in [0.29, 0.717) is 6.04 Å². The van der Waals surface area contributed by atoms with Gasteiger partial charge in [0.1, 0.15) is 0 Å². The van der Waals surface area contributed by atoms with E-state index in [2.05, 4.69) is 12.3 Å². The molecule has 0 saturated heterocycles. The molecule has 0 radical (unpaired) electrons. The third-order valence-electron chi connectivity index (χ3n) is 3.50. The van der Waals surface area contributed by atoms with Crippen LogP contribution in [0, 0.1) is 5.92 Å². The van der Waals surface area contributed by atoms with Gasteiger partial charge >= 0.3 is 0 Å². The zero-order valence-electron chi connectivity index (χ0n) is 10.7. The van der Waals surface area contributed by atoms with Gasteiger partial charge in [-0.15, -0.1) is 0 Å². The maximum absolute atomic E-state index is 5.58. The first-order valence-electron chi connectivity index (χ1n) is 6.90. The Balaban J connectivity index is 2.19. The van der Waals surface area contributed by atoms with E-state index in [1.54, 1.807) is 0 Å². The monoisotopic (exact) mass is 228 g/mol. The molecule has 3 N–H and O–H groups in total. The Morgan fingerprint density at radius 1 is 1.25 bits per heavy atom. The molecule has 0 heterocycles. The van der Waals surface area contributed by atoms with E-state index in [9.17, 15) is 0 Å². The molecule has 96 valence electrons. The van der Waals surface area contributed by atoms with Gasteiger partial charge in [-0.05, 0) is 18.8 Å². The first-order chi connectivity index (χ1) is 7.86. The van der Waals surface area contributed by atoms with Crippen molar-refractivity contribution >= 4 is 0 Å². The Bertz CT molecular complexity index is 156. The molecular weight excluding hydrogens is 200 g/mol. The third-order valence-corrected chi connectivity index (χ3v) is 3.50. The molecule has 0 spiro atoms. The van der Waals surface area contributed by atoms with Crippen molar-refractivity contribution in [1.82, 2.24) is 5.43 Å². The van der Waals surface area contributed by atoms with Gasteiger partial charge in [-0.2, -0.15) is 0 Å². The Hall–Kier alpha value is -0.120. The fourth-order valence-electron chi connectivity index (χ4n) is 2.56. The summed E-state index contributed by atoms with van der Waals surface area (Å²) in [5, 5.41) is 0. The van der Waals surface area contributed by atoms with Crippen LogP contribution >= 0.6 is 0 Å². The molecule has 1 aliphatic carbocycles. The summed E-state index contributed by atoms with van der Waals surface area (Å²) >= 11 is 0. The molecule has 1 unspecified atom stereocenters. The minimum absolute atomic E-state index is 0.342. The molecule has 1 rings (SSSR count). The number of rotatable bonds is 7. The second kappa shape index (κ2) is 8.97. The second-order valence-electron chi connectivity index (χ2n) is 5.03. The maximum Gasteiger partial charge on any atom is 0.0633 e. The van der Waals surface area contributed by atoms with Crippen molar-refractivity contribution in [3.63, 3.8) is 0 Å². The molecule has 1 atom stereocenters. The summed E-state index contributed by atoms with van der Waals surface area (Å²) in [5.74, 6) is 6.44. The molecule has 16 heavy (non-hydrogen) atoms. The minimum atomic E-state index is 0.342. The molecule has 0 aromatic rings. The number of nitrogens with one attached hydrogen (secondary N) is 1. The summed E-state index contributed by atoms with van der Waals surface area (Å²) in [6.07, 6.45) is 10.7. The molecule has 1 aliphatic rings. The van der Waals surface area contributed by atoms with Gasteiger partial charge in [-0.3, -0.25) is 11.3 Å². The van der Waals surface area contributed by atoms with E-state index in [1.165, 1.54) is 44.9 Å². The van der Waals surface area contributed by atoms with Crippen molar-refractivity contribution in [2.75, 3.05) is 13.2 Å². The summed E-state index contributed by atoms with van der Waals surface area (Å²) in [6.45, 7) is 3.75. The largest absolute Gasteiger partial charge is 0.380 e. The maximum atomic E-state index is 5.58. The number of hydrogen-bond acceptors (Lipinski definition) is 3. The average molecular weight is 228 g/mol. The Labute approximate surface area is 100 Å². The van der Waals surface area contributed by atoms with E-state index in [4.69, 9.17) is 10.6 Å². The van der Waals surface area contributed by atoms with Crippen LogP contribution in [0.15, 0.2) is 0 Å². The normalized spacial score (nSPS) is 20.6. The highest BCUT2D eigenvalue weighted by Gasteiger charge is 2.17. The zero-order chi connectivity index (χ0) is 11.6. The highest BCUT2D eigenvalue weighted by molar-refractivity contribution is 4.72. The zero-order valence-corrected chi connectivity index (χ0v) is 10.7. The van der Waals surface area contributed by atoms with Crippen LogP contribution < -0.4 is 11.3 Å². The van der Waals surface area contributed by atoms with Crippen LogP contribution in [0.3, 0.4) is 0 Å². The van der Waals surface area contributed by atoms with E-state index in [1.807, 2.05) is 0 Å². The fraction of sp³-hybridized carbons (Fsp3) is 1.00.